The number of aliphatic hydroxyl groups excluding tert-OH is 1. The van der Waals surface area contributed by atoms with Crippen molar-refractivity contribution < 1.29 is 28.5 Å². The van der Waals surface area contributed by atoms with Gasteiger partial charge in [0, 0.05) is 18.7 Å². The second-order valence-electron chi connectivity index (χ2n) is 6.50. The number of fused-ring (bicyclic) bond motifs is 3. The van der Waals surface area contributed by atoms with Gasteiger partial charge in [-0.2, -0.15) is 0 Å². The van der Waals surface area contributed by atoms with Gasteiger partial charge in [-0.3, -0.25) is 4.90 Å². The number of aliphatic hydroxyl groups is 1. The Balaban J connectivity index is 1.87. The zero-order valence-corrected chi connectivity index (χ0v) is 14.3. The summed E-state index contributed by atoms with van der Waals surface area (Å²) in [6, 6.07) is 3.07. The van der Waals surface area contributed by atoms with E-state index in [9.17, 15) is 23.8 Å². The van der Waals surface area contributed by atoms with Gasteiger partial charge in [0.2, 0.25) is 0 Å². The molecule has 27 heavy (non-hydrogen) atoms. The lowest BCUT2D eigenvalue weighted by molar-refractivity contribution is 0.191. The number of carboxylic acid groups (broad SMARTS) is 1. The van der Waals surface area contributed by atoms with Gasteiger partial charge in [-0.15, -0.1) is 10.2 Å². The van der Waals surface area contributed by atoms with E-state index in [1.807, 2.05) is 4.90 Å². The van der Waals surface area contributed by atoms with Crippen LogP contribution in [0.4, 0.5) is 25.1 Å². The first-order valence-corrected chi connectivity index (χ1v) is 8.25. The Hall–Kier alpha value is -3.01. The summed E-state index contributed by atoms with van der Waals surface area (Å²) in [4.78, 5) is 14.5. The SMILES string of the molecule is COc1c(F)cc(F)cc1-c1cc2c(nn1)N(C(=O)O)C[C@H]1C[C@H](O)CN21. The van der Waals surface area contributed by atoms with E-state index in [1.165, 1.54) is 13.2 Å². The van der Waals surface area contributed by atoms with Gasteiger partial charge in [0.15, 0.2) is 17.4 Å². The molecule has 1 amide bonds. The molecule has 2 atom stereocenters. The summed E-state index contributed by atoms with van der Waals surface area (Å²) in [5, 5.41) is 27.4. The Labute approximate surface area is 152 Å². The number of nitrogens with zero attached hydrogens (tertiary/aromatic N) is 4. The lowest BCUT2D eigenvalue weighted by atomic mass is 10.1. The van der Waals surface area contributed by atoms with E-state index < -0.39 is 23.8 Å². The molecule has 1 aromatic carbocycles. The summed E-state index contributed by atoms with van der Waals surface area (Å²) in [6.45, 7) is 0.468. The third-order valence-corrected chi connectivity index (χ3v) is 4.83. The molecule has 2 N–H and O–H groups in total. The summed E-state index contributed by atoms with van der Waals surface area (Å²) in [6.07, 6.45) is -1.37. The number of rotatable bonds is 2. The first-order valence-electron chi connectivity index (χ1n) is 8.25. The molecule has 0 bridgehead atoms. The average molecular weight is 378 g/mol. The van der Waals surface area contributed by atoms with Crippen LogP contribution in [0.25, 0.3) is 11.3 Å². The molecule has 0 aliphatic carbocycles. The number of benzene rings is 1. The van der Waals surface area contributed by atoms with E-state index in [0.717, 1.165) is 11.0 Å². The highest BCUT2D eigenvalue weighted by Gasteiger charge is 2.41. The zero-order chi connectivity index (χ0) is 19.3. The molecule has 4 rings (SSSR count). The van der Waals surface area contributed by atoms with E-state index >= 15 is 0 Å². The average Bonchev–Trinajstić information content (AvgIpc) is 3.00. The van der Waals surface area contributed by atoms with Crippen molar-refractivity contribution in [2.45, 2.75) is 18.6 Å². The zero-order valence-electron chi connectivity index (χ0n) is 14.3. The van der Waals surface area contributed by atoms with E-state index in [1.54, 1.807) is 0 Å². The topological polar surface area (TPSA) is 99.0 Å². The second kappa shape index (κ2) is 6.31. The van der Waals surface area contributed by atoms with Gasteiger partial charge >= 0.3 is 6.09 Å². The van der Waals surface area contributed by atoms with E-state index in [-0.39, 0.29) is 35.4 Å². The lowest BCUT2D eigenvalue weighted by Crippen LogP contribution is -2.48. The minimum absolute atomic E-state index is 0.0639. The molecule has 142 valence electrons. The number of carbonyl (C=O) groups is 1. The van der Waals surface area contributed by atoms with Gasteiger partial charge in [-0.1, -0.05) is 0 Å². The van der Waals surface area contributed by atoms with Crippen molar-refractivity contribution in [3.05, 3.63) is 29.8 Å². The predicted octanol–water partition coefficient (Wildman–Crippen LogP) is 1.87. The van der Waals surface area contributed by atoms with Crippen LogP contribution in [0, 0.1) is 11.6 Å². The fourth-order valence-corrected chi connectivity index (χ4v) is 3.69. The summed E-state index contributed by atoms with van der Waals surface area (Å²) in [5.74, 6) is -1.75. The van der Waals surface area contributed by atoms with Crippen molar-refractivity contribution in [2.75, 3.05) is 30.0 Å². The molecule has 1 saturated heterocycles. The third-order valence-electron chi connectivity index (χ3n) is 4.83. The summed E-state index contributed by atoms with van der Waals surface area (Å²) < 4.78 is 32.8. The van der Waals surface area contributed by atoms with Crippen LogP contribution < -0.4 is 14.5 Å². The smallest absolute Gasteiger partial charge is 0.413 e. The molecular weight excluding hydrogens is 362 g/mol. The van der Waals surface area contributed by atoms with Gasteiger partial charge in [0.25, 0.3) is 0 Å². The van der Waals surface area contributed by atoms with Crippen molar-refractivity contribution in [1.29, 1.82) is 0 Å². The van der Waals surface area contributed by atoms with Crippen molar-refractivity contribution in [1.82, 2.24) is 10.2 Å². The Morgan fingerprint density at radius 2 is 2.04 bits per heavy atom. The molecule has 3 heterocycles. The van der Waals surface area contributed by atoms with Crippen LogP contribution in [-0.2, 0) is 0 Å². The molecule has 0 radical (unpaired) electrons. The van der Waals surface area contributed by atoms with Gasteiger partial charge in [0.05, 0.1) is 36.7 Å². The Bertz CT molecular complexity index is 926. The highest BCUT2D eigenvalue weighted by Crippen LogP contribution is 2.41. The molecule has 2 aliphatic rings. The van der Waals surface area contributed by atoms with Gasteiger partial charge in [-0.25, -0.2) is 13.6 Å². The van der Waals surface area contributed by atoms with Crippen LogP contribution in [0.3, 0.4) is 0 Å². The maximum absolute atomic E-state index is 14.0. The van der Waals surface area contributed by atoms with Gasteiger partial charge < -0.3 is 19.8 Å². The number of amides is 1. The third kappa shape index (κ3) is 2.81. The number of hydrogen-bond acceptors (Lipinski definition) is 6. The molecule has 2 aliphatic heterocycles. The monoisotopic (exact) mass is 378 g/mol. The van der Waals surface area contributed by atoms with Crippen molar-refractivity contribution >= 4 is 17.6 Å². The predicted molar refractivity (Wildman–Crippen MR) is 91.1 cm³/mol. The van der Waals surface area contributed by atoms with E-state index in [0.29, 0.717) is 24.7 Å². The van der Waals surface area contributed by atoms with Crippen molar-refractivity contribution in [3.8, 4) is 17.0 Å². The highest BCUT2D eigenvalue weighted by atomic mass is 19.1. The first-order chi connectivity index (χ1) is 12.9. The van der Waals surface area contributed by atoms with Crippen LogP contribution in [0.1, 0.15) is 6.42 Å². The Morgan fingerprint density at radius 3 is 2.74 bits per heavy atom. The normalized spacial score (nSPS) is 21.0. The maximum Gasteiger partial charge on any atom is 0.413 e. The molecule has 0 saturated carbocycles. The Kier molecular flexibility index (Phi) is 4.06. The van der Waals surface area contributed by atoms with Crippen molar-refractivity contribution in [3.63, 3.8) is 0 Å². The van der Waals surface area contributed by atoms with Crippen LogP contribution in [0.15, 0.2) is 18.2 Å². The Morgan fingerprint density at radius 1 is 1.26 bits per heavy atom. The molecule has 1 fully saturated rings. The van der Waals surface area contributed by atoms with E-state index in [2.05, 4.69) is 10.2 Å². The fraction of sp³-hybridized carbons (Fsp3) is 0.353. The number of ether oxygens (including phenoxy) is 1. The molecule has 2 aromatic rings. The molecule has 0 spiro atoms. The number of aromatic nitrogens is 2. The molecule has 10 heteroatoms. The highest BCUT2D eigenvalue weighted by molar-refractivity contribution is 5.92. The van der Waals surface area contributed by atoms with Crippen LogP contribution in [0.2, 0.25) is 0 Å². The van der Waals surface area contributed by atoms with Gasteiger partial charge in [-0.05, 0) is 18.6 Å². The number of anilines is 2. The molecular formula is C17H16F2N4O4. The fourth-order valence-electron chi connectivity index (χ4n) is 3.69. The number of hydrogen-bond donors (Lipinski definition) is 2. The summed E-state index contributed by atoms with van der Waals surface area (Å²) in [5.41, 5.74) is 0.632. The quantitative estimate of drug-likeness (QED) is 0.823. The minimum Gasteiger partial charge on any atom is -0.493 e. The lowest BCUT2D eigenvalue weighted by Gasteiger charge is -2.37. The molecule has 8 nitrogen and oxygen atoms in total. The maximum atomic E-state index is 14.0. The summed E-state index contributed by atoms with van der Waals surface area (Å²) in [7, 11) is 1.25. The minimum atomic E-state index is -1.19. The standard InChI is InChI=1S/C17H16F2N4O4/c1-27-15-11(2-8(18)3-12(15)19)13-5-14-16(21-20-13)23(17(25)26)6-9-4-10(24)7-22(9)14/h2-3,5,9-10,24H,4,6-7H2,1H3,(H,25,26)/t9-,10+/m1/s1. The van der Waals surface area contributed by atoms with Gasteiger partial charge in [0.1, 0.15) is 5.82 Å². The second-order valence-corrected chi connectivity index (χ2v) is 6.50. The summed E-state index contributed by atoms with van der Waals surface area (Å²) >= 11 is 0. The van der Waals surface area contributed by atoms with Crippen LogP contribution in [0.5, 0.6) is 5.75 Å². The first kappa shape index (κ1) is 17.4. The molecule has 1 aromatic heterocycles. The number of methoxy groups -OCH3 is 1. The number of halogens is 2. The van der Waals surface area contributed by atoms with Crippen LogP contribution >= 0.6 is 0 Å². The largest absolute Gasteiger partial charge is 0.493 e. The van der Waals surface area contributed by atoms with Crippen LogP contribution in [-0.4, -0.2) is 58.8 Å². The van der Waals surface area contributed by atoms with Crippen molar-refractivity contribution in [2.24, 2.45) is 0 Å². The molecule has 0 unspecified atom stereocenters. The van der Waals surface area contributed by atoms with E-state index in [4.69, 9.17) is 4.74 Å².